The van der Waals surface area contributed by atoms with Gasteiger partial charge < -0.3 is 4.74 Å². The van der Waals surface area contributed by atoms with Crippen LogP contribution >= 0.6 is 0 Å². The predicted octanol–water partition coefficient (Wildman–Crippen LogP) is 2.69. The first-order chi connectivity index (χ1) is 8.33. The van der Waals surface area contributed by atoms with Crippen LogP contribution in [0.2, 0.25) is 0 Å². The fourth-order valence-corrected chi connectivity index (χ4v) is 2.24. The zero-order chi connectivity index (χ0) is 13.5. The Bertz CT molecular complexity index is 516. The molecule has 96 valence electrons. The summed E-state index contributed by atoms with van der Waals surface area (Å²) >= 11 is 0. The Labute approximate surface area is 107 Å². The predicted molar refractivity (Wildman–Crippen MR) is 68.5 cm³/mol. The molecule has 1 aromatic rings. The second-order valence-electron chi connectivity index (χ2n) is 5.47. The highest BCUT2D eigenvalue weighted by Crippen LogP contribution is 2.33. The molecule has 18 heavy (non-hydrogen) atoms. The van der Waals surface area contributed by atoms with Crippen LogP contribution < -0.4 is 0 Å². The van der Waals surface area contributed by atoms with Crippen LogP contribution in [0.25, 0.3) is 0 Å². The number of ether oxygens (including phenoxy) is 1. The smallest absolute Gasteiger partial charge is 0.309 e. The maximum Gasteiger partial charge on any atom is 0.309 e. The first kappa shape index (κ1) is 12.8. The van der Waals surface area contributed by atoms with Crippen LogP contribution in [0.1, 0.15) is 42.3 Å². The van der Waals surface area contributed by atoms with Gasteiger partial charge in [0.1, 0.15) is 0 Å². The number of ketones is 1. The van der Waals surface area contributed by atoms with E-state index in [1.165, 1.54) is 0 Å². The van der Waals surface area contributed by atoms with E-state index < -0.39 is 5.60 Å². The fraction of sp³-hybridized carbons (Fsp3) is 0.467. The van der Waals surface area contributed by atoms with Gasteiger partial charge in [-0.1, -0.05) is 37.6 Å². The van der Waals surface area contributed by atoms with Crippen LogP contribution in [-0.2, 0) is 16.0 Å². The lowest BCUT2D eigenvalue weighted by Gasteiger charge is -2.23. The Hall–Kier alpha value is -1.64. The fourth-order valence-electron chi connectivity index (χ4n) is 2.24. The van der Waals surface area contributed by atoms with Crippen molar-refractivity contribution in [3.05, 3.63) is 34.9 Å². The molecule has 0 heterocycles. The topological polar surface area (TPSA) is 43.4 Å². The molecule has 0 aliphatic heterocycles. The van der Waals surface area contributed by atoms with Gasteiger partial charge in [-0.3, -0.25) is 9.59 Å². The van der Waals surface area contributed by atoms with Crippen LogP contribution in [0.15, 0.2) is 18.2 Å². The summed E-state index contributed by atoms with van der Waals surface area (Å²) in [6, 6.07) is 5.72. The third-order valence-electron chi connectivity index (χ3n) is 3.31. The molecule has 2 rings (SSSR count). The van der Waals surface area contributed by atoms with Crippen LogP contribution in [0, 0.1) is 12.8 Å². The Balaban J connectivity index is 2.29. The van der Waals surface area contributed by atoms with Gasteiger partial charge in [-0.05, 0) is 19.4 Å². The molecular formula is C15H18O3. The maximum atomic E-state index is 12.3. The first-order valence-corrected chi connectivity index (χ1v) is 6.21. The van der Waals surface area contributed by atoms with Crippen LogP contribution in [0.4, 0.5) is 0 Å². The largest absolute Gasteiger partial charge is 0.450 e. The summed E-state index contributed by atoms with van der Waals surface area (Å²) in [4.78, 5) is 24.0. The van der Waals surface area contributed by atoms with Crippen molar-refractivity contribution >= 4 is 11.8 Å². The van der Waals surface area contributed by atoms with Crippen LogP contribution in [0.3, 0.4) is 0 Å². The third-order valence-corrected chi connectivity index (χ3v) is 3.31. The summed E-state index contributed by atoms with van der Waals surface area (Å²) in [5.74, 6) is -0.637. The number of hydrogen-bond acceptors (Lipinski definition) is 3. The van der Waals surface area contributed by atoms with Crippen molar-refractivity contribution in [3.8, 4) is 0 Å². The van der Waals surface area contributed by atoms with E-state index in [2.05, 4.69) is 0 Å². The van der Waals surface area contributed by atoms with E-state index in [0.29, 0.717) is 12.0 Å². The minimum Gasteiger partial charge on any atom is -0.450 e. The average molecular weight is 246 g/mol. The average Bonchev–Trinajstić information content (AvgIpc) is 2.50. The number of fused-ring (bicyclic) bond motifs is 1. The number of aryl methyl sites for hydroxylation is 1. The van der Waals surface area contributed by atoms with Crippen molar-refractivity contribution in [2.75, 3.05) is 0 Å². The molecule has 3 nitrogen and oxygen atoms in total. The summed E-state index contributed by atoms with van der Waals surface area (Å²) in [6.45, 7) is 7.22. The molecule has 1 unspecified atom stereocenters. The molecule has 0 saturated carbocycles. The highest BCUT2D eigenvalue weighted by atomic mass is 16.6. The Morgan fingerprint density at radius 3 is 2.67 bits per heavy atom. The number of benzene rings is 1. The molecule has 0 N–H and O–H groups in total. The minimum absolute atomic E-state index is 0.0912. The maximum absolute atomic E-state index is 12.3. The summed E-state index contributed by atoms with van der Waals surface area (Å²) < 4.78 is 5.41. The quantitative estimate of drug-likeness (QED) is 0.753. The van der Waals surface area contributed by atoms with Gasteiger partial charge in [-0.2, -0.15) is 0 Å². The number of carbonyl (C=O) groups excluding carboxylic acids is 2. The highest BCUT2D eigenvalue weighted by molar-refractivity contribution is 6.07. The molecule has 0 saturated heterocycles. The van der Waals surface area contributed by atoms with E-state index in [1.807, 2.05) is 25.1 Å². The molecule has 0 aromatic heterocycles. The monoisotopic (exact) mass is 246 g/mol. The van der Waals surface area contributed by atoms with Gasteiger partial charge in [0, 0.05) is 12.0 Å². The molecule has 1 atom stereocenters. The number of carbonyl (C=O) groups is 2. The summed E-state index contributed by atoms with van der Waals surface area (Å²) in [7, 11) is 0. The SMILES string of the molecule is Cc1ccc2c(c1)CC(C)(OC(=O)C(C)C)C2=O. The highest BCUT2D eigenvalue weighted by Gasteiger charge is 2.45. The van der Waals surface area contributed by atoms with Gasteiger partial charge >= 0.3 is 5.97 Å². The summed E-state index contributed by atoms with van der Waals surface area (Å²) in [5.41, 5.74) is 1.73. The molecule has 1 aliphatic rings. The van der Waals surface area contributed by atoms with Gasteiger partial charge in [-0.25, -0.2) is 0 Å². The molecule has 1 aromatic carbocycles. The lowest BCUT2D eigenvalue weighted by molar-refractivity contribution is -0.157. The van der Waals surface area contributed by atoms with E-state index in [-0.39, 0.29) is 17.7 Å². The minimum atomic E-state index is -1.03. The van der Waals surface area contributed by atoms with Gasteiger partial charge in [-0.15, -0.1) is 0 Å². The van der Waals surface area contributed by atoms with Crippen LogP contribution in [-0.4, -0.2) is 17.4 Å². The van der Waals surface area contributed by atoms with E-state index >= 15 is 0 Å². The second-order valence-corrected chi connectivity index (χ2v) is 5.47. The molecule has 3 heteroatoms. The second kappa shape index (κ2) is 4.23. The van der Waals surface area contributed by atoms with Crippen molar-refractivity contribution in [3.63, 3.8) is 0 Å². The van der Waals surface area contributed by atoms with E-state index in [1.54, 1.807) is 20.8 Å². The van der Waals surface area contributed by atoms with E-state index in [0.717, 1.165) is 11.1 Å². The van der Waals surface area contributed by atoms with Crippen LogP contribution in [0.5, 0.6) is 0 Å². The van der Waals surface area contributed by atoms with E-state index in [9.17, 15) is 9.59 Å². The van der Waals surface area contributed by atoms with E-state index in [4.69, 9.17) is 4.74 Å². The van der Waals surface area contributed by atoms with Crippen molar-refractivity contribution in [2.45, 2.75) is 39.7 Å². The molecule has 0 spiro atoms. The number of esters is 1. The Morgan fingerprint density at radius 1 is 1.39 bits per heavy atom. The molecule has 0 fully saturated rings. The van der Waals surface area contributed by atoms with Crippen molar-refractivity contribution in [2.24, 2.45) is 5.92 Å². The number of rotatable bonds is 2. The van der Waals surface area contributed by atoms with Crippen molar-refractivity contribution < 1.29 is 14.3 Å². The molecule has 0 radical (unpaired) electrons. The number of hydrogen-bond donors (Lipinski definition) is 0. The molecule has 0 bridgehead atoms. The van der Waals surface area contributed by atoms with Gasteiger partial charge in [0.05, 0.1) is 5.92 Å². The van der Waals surface area contributed by atoms with Crippen molar-refractivity contribution in [1.82, 2.24) is 0 Å². The van der Waals surface area contributed by atoms with Crippen molar-refractivity contribution in [1.29, 1.82) is 0 Å². The Kier molecular flexibility index (Phi) is 3.01. The third kappa shape index (κ3) is 2.05. The van der Waals surface area contributed by atoms with Gasteiger partial charge in [0.25, 0.3) is 0 Å². The zero-order valence-electron chi connectivity index (χ0n) is 11.2. The summed E-state index contributed by atoms with van der Waals surface area (Å²) in [5, 5.41) is 0. The van der Waals surface area contributed by atoms with Gasteiger partial charge in [0.15, 0.2) is 5.60 Å². The molecular weight excluding hydrogens is 228 g/mol. The molecule has 0 amide bonds. The lowest BCUT2D eigenvalue weighted by Crippen LogP contribution is -2.39. The first-order valence-electron chi connectivity index (χ1n) is 6.21. The number of Topliss-reactive ketones (excluding diaryl/α,β-unsaturated/α-hetero) is 1. The van der Waals surface area contributed by atoms with Gasteiger partial charge in [0.2, 0.25) is 5.78 Å². The standard InChI is InChI=1S/C15H18O3/c1-9(2)14(17)18-15(4)8-11-7-10(3)5-6-12(11)13(15)16/h5-7,9H,8H2,1-4H3. The molecule has 1 aliphatic carbocycles. The zero-order valence-corrected chi connectivity index (χ0v) is 11.2. The summed E-state index contributed by atoms with van der Waals surface area (Å²) in [6.07, 6.45) is 0.474. The normalized spacial score (nSPS) is 22.2. The Morgan fingerprint density at radius 2 is 2.06 bits per heavy atom. The lowest BCUT2D eigenvalue weighted by atomic mass is 10.0.